The van der Waals surface area contributed by atoms with E-state index in [0.717, 1.165) is 35.5 Å². The Hall–Kier alpha value is -3.73. The molecule has 0 aliphatic heterocycles. The molecule has 0 spiro atoms. The second kappa shape index (κ2) is 7.88. The lowest BCUT2D eigenvalue weighted by Crippen LogP contribution is -2.21. The molecule has 0 unspecified atom stereocenters. The van der Waals surface area contributed by atoms with Crippen molar-refractivity contribution in [3.05, 3.63) is 54.1 Å². The maximum Gasteiger partial charge on any atom is 0.243 e. The Labute approximate surface area is 162 Å². The van der Waals surface area contributed by atoms with Gasteiger partial charge in [0.25, 0.3) is 0 Å². The summed E-state index contributed by atoms with van der Waals surface area (Å²) in [4.78, 5) is 12.2. The smallest absolute Gasteiger partial charge is 0.243 e. The number of hydrogen-bond donors (Lipinski definition) is 2. The Kier molecular flexibility index (Phi) is 4.97. The highest BCUT2D eigenvalue weighted by atomic mass is 16.1. The lowest BCUT2D eigenvalue weighted by molar-refractivity contribution is -0.114. The van der Waals surface area contributed by atoms with E-state index in [4.69, 9.17) is 5.26 Å². The third kappa shape index (κ3) is 4.15. The number of tetrazole rings is 1. The molecule has 2 N–H and O–H groups in total. The summed E-state index contributed by atoms with van der Waals surface area (Å²) in [6, 6.07) is 17.5. The summed E-state index contributed by atoms with van der Waals surface area (Å²) in [5.41, 5.74) is 3.35. The van der Waals surface area contributed by atoms with Gasteiger partial charge in [0.05, 0.1) is 25.1 Å². The fourth-order valence-electron chi connectivity index (χ4n) is 2.90. The van der Waals surface area contributed by atoms with Gasteiger partial charge in [-0.2, -0.15) is 5.26 Å². The van der Waals surface area contributed by atoms with Gasteiger partial charge in [0.15, 0.2) is 5.82 Å². The Morgan fingerprint density at radius 3 is 2.75 bits per heavy atom. The highest BCUT2D eigenvalue weighted by Gasteiger charge is 2.28. The molecular weight excluding hydrogens is 354 g/mol. The van der Waals surface area contributed by atoms with Crippen molar-refractivity contribution in [1.82, 2.24) is 20.2 Å². The van der Waals surface area contributed by atoms with Gasteiger partial charge >= 0.3 is 0 Å². The number of nitrogens with one attached hydrogen (secondary N) is 2. The number of benzene rings is 2. The van der Waals surface area contributed by atoms with Gasteiger partial charge in [0.2, 0.25) is 5.91 Å². The molecule has 1 aliphatic rings. The topological polar surface area (TPSA) is 109 Å². The van der Waals surface area contributed by atoms with E-state index < -0.39 is 0 Å². The van der Waals surface area contributed by atoms with Crippen molar-refractivity contribution < 1.29 is 4.79 Å². The quantitative estimate of drug-likeness (QED) is 0.659. The minimum absolute atomic E-state index is 0.136. The molecule has 8 nitrogen and oxygen atoms in total. The van der Waals surface area contributed by atoms with Crippen molar-refractivity contribution >= 4 is 17.3 Å². The van der Waals surface area contributed by atoms with Crippen LogP contribution in [0.15, 0.2) is 48.5 Å². The van der Waals surface area contributed by atoms with Crippen LogP contribution in [0.5, 0.6) is 0 Å². The predicted octanol–water partition coefficient (Wildman–Crippen LogP) is 2.79. The van der Waals surface area contributed by atoms with Gasteiger partial charge in [-0.25, -0.2) is 4.68 Å². The number of carbonyl (C=O) groups is 1. The number of carbonyl (C=O) groups excluding carboxylic acids is 1. The Balaban J connectivity index is 1.36. The first-order valence-corrected chi connectivity index (χ1v) is 9.11. The van der Waals surface area contributed by atoms with E-state index in [0.29, 0.717) is 18.2 Å². The highest BCUT2D eigenvalue weighted by molar-refractivity contribution is 5.93. The van der Waals surface area contributed by atoms with Gasteiger partial charge in [-0.15, -0.1) is 5.10 Å². The molecule has 0 bridgehead atoms. The molecule has 2 aromatic carbocycles. The molecule has 1 fully saturated rings. The Bertz CT molecular complexity index is 1020. The van der Waals surface area contributed by atoms with Crippen molar-refractivity contribution in [2.24, 2.45) is 0 Å². The standard InChI is InChI=1S/C20H19N7O/c21-11-10-14-4-6-16(7-5-14)23-19(28)13-22-17-3-1-2-15(12-17)20-24-25-26-27(20)18-8-9-18/h1-7,12,18,22H,8-10,13H2,(H,23,28). The zero-order valence-electron chi connectivity index (χ0n) is 15.2. The predicted molar refractivity (Wildman–Crippen MR) is 104 cm³/mol. The van der Waals surface area contributed by atoms with Crippen LogP contribution < -0.4 is 10.6 Å². The van der Waals surface area contributed by atoms with Crippen LogP contribution in [0.25, 0.3) is 11.4 Å². The summed E-state index contributed by atoms with van der Waals surface area (Å²) in [7, 11) is 0. The van der Waals surface area contributed by atoms with E-state index >= 15 is 0 Å². The monoisotopic (exact) mass is 373 g/mol. The average Bonchev–Trinajstić information content (AvgIpc) is 3.44. The molecule has 1 aromatic heterocycles. The lowest BCUT2D eigenvalue weighted by atomic mass is 10.1. The Morgan fingerprint density at radius 2 is 2.00 bits per heavy atom. The first-order valence-electron chi connectivity index (χ1n) is 9.11. The van der Waals surface area contributed by atoms with Gasteiger partial charge in [-0.1, -0.05) is 24.3 Å². The molecule has 4 rings (SSSR count). The molecule has 28 heavy (non-hydrogen) atoms. The van der Waals surface area contributed by atoms with Crippen molar-refractivity contribution in [3.63, 3.8) is 0 Å². The molecule has 0 saturated heterocycles. The first kappa shape index (κ1) is 17.7. The molecule has 140 valence electrons. The van der Waals surface area contributed by atoms with Crippen LogP contribution in [-0.2, 0) is 11.2 Å². The van der Waals surface area contributed by atoms with Gasteiger partial charge < -0.3 is 10.6 Å². The molecular formula is C20H19N7O. The van der Waals surface area contributed by atoms with Gasteiger partial charge in [0, 0.05) is 16.9 Å². The average molecular weight is 373 g/mol. The van der Waals surface area contributed by atoms with Gasteiger partial charge in [0.1, 0.15) is 0 Å². The first-order chi connectivity index (χ1) is 13.7. The number of rotatable bonds is 7. The zero-order valence-corrected chi connectivity index (χ0v) is 15.2. The number of aromatic nitrogens is 4. The number of amides is 1. The Morgan fingerprint density at radius 1 is 1.18 bits per heavy atom. The summed E-state index contributed by atoms with van der Waals surface area (Å²) in [6.07, 6.45) is 2.57. The third-order valence-electron chi connectivity index (χ3n) is 4.48. The minimum Gasteiger partial charge on any atom is -0.376 e. The van der Waals surface area contributed by atoms with Crippen LogP contribution in [-0.4, -0.2) is 32.7 Å². The number of hydrogen-bond acceptors (Lipinski definition) is 6. The van der Waals surface area contributed by atoms with E-state index in [1.165, 1.54) is 0 Å². The summed E-state index contributed by atoms with van der Waals surface area (Å²) in [5, 5.41) is 26.7. The van der Waals surface area contributed by atoms with Crippen LogP contribution in [0.3, 0.4) is 0 Å². The molecule has 1 saturated carbocycles. The summed E-state index contributed by atoms with van der Waals surface area (Å²) in [6.45, 7) is 0.136. The fraction of sp³-hybridized carbons (Fsp3) is 0.250. The normalized spacial score (nSPS) is 13.0. The van der Waals surface area contributed by atoms with Crippen LogP contribution in [0, 0.1) is 11.3 Å². The SMILES string of the molecule is N#CCc1ccc(NC(=O)CNc2cccc(-c3nnnn3C3CC3)c2)cc1. The second-order valence-electron chi connectivity index (χ2n) is 6.69. The summed E-state index contributed by atoms with van der Waals surface area (Å²) in [5.74, 6) is 0.592. The molecule has 1 heterocycles. The second-order valence-corrected chi connectivity index (χ2v) is 6.69. The van der Waals surface area contributed by atoms with Crippen LogP contribution in [0.2, 0.25) is 0 Å². The maximum atomic E-state index is 12.2. The van der Waals surface area contributed by atoms with Crippen LogP contribution in [0.1, 0.15) is 24.4 Å². The van der Waals surface area contributed by atoms with Crippen LogP contribution in [0.4, 0.5) is 11.4 Å². The number of anilines is 2. The van der Waals surface area contributed by atoms with Crippen molar-refractivity contribution in [2.75, 3.05) is 17.2 Å². The zero-order chi connectivity index (χ0) is 19.3. The third-order valence-corrected chi connectivity index (χ3v) is 4.48. The molecule has 0 atom stereocenters. The largest absolute Gasteiger partial charge is 0.376 e. The van der Waals surface area contributed by atoms with Crippen molar-refractivity contribution in [1.29, 1.82) is 5.26 Å². The molecule has 1 amide bonds. The lowest BCUT2D eigenvalue weighted by Gasteiger charge is -2.09. The van der Waals surface area contributed by atoms with Crippen LogP contribution >= 0.6 is 0 Å². The van der Waals surface area contributed by atoms with Gasteiger partial charge in [-0.3, -0.25) is 4.79 Å². The maximum absolute atomic E-state index is 12.2. The van der Waals surface area contributed by atoms with E-state index in [9.17, 15) is 4.79 Å². The minimum atomic E-state index is -0.152. The summed E-state index contributed by atoms with van der Waals surface area (Å²) >= 11 is 0. The molecule has 0 radical (unpaired) electrons. The summed E-state index contributed by atoms with van der Waals surface area (Å²) < 4.78 is 1.86. The molecule has 8 heteroatoms. The number of nitriles is 1. The molecule has 3 aromatic rings. The van der Waals surface area contributed by atoms with Crippen molar-refractivity contribution in [3.8, 4) is 17.5 Å². The highest BCUT2D eigenvalue weighted by Crippen LogP contribution is 2.36. The van der Waals surface area contributed by atoms with Crippen molar-refractivity contribution in [2.45, 2.75) is 25.3 Å². The van der Waals surface area contributed by atoms with E-state index in [1.54, 1.807) is 12.1 Å². The fourth-order valence-corrected chi connectivity index (χ4v) is 2.90. The molecule has 1 aliphatic carbocycles. The number of nitrogens with zero attached hydrogens (tertiary/aromatic N) is 5. The van der Waals surface area contributed by atoms with E-state index in [2.05, 4.69) is 32.2 Å². The van der Waals surface area contributed by atoms with Gasteiger partial charge in [-0.05, 0) is 53.1 Å². The van der Waals surface area contributed by atoms with E-state index in [1.807, 2.05) is 41.1 Å². The van der Waals surface area contributed by atoms with E-state index in [-0.39, 0.29) is 12.5 Å².